The van der Waals surface area contributed by atoms with Gasteiger partial charge >= 0.3 is 0 Å². The van der Waals surface area contributed by atoms with Crippen LogP contribution >= 0.6 is 0 Å². The van der Waals surface area contributed by atoms with E-state index in [1.165, 1.54) is 0 Å². The van der Waals surface area contributed by atoms with Crippen LogP contribution in [0.15, 0.2) is 36.9 Å². The summed E-state index contributed by atoms with van der Waals surface area (Å²) in [7, 11) is 1.91. The van der Waals surface area contributed by atoms with Crippen LogP contribution in [0.3, 0.4) is 0 Å². The summed E-state index contributed by atoms with van der Waals surface area (Å²) in [5.41, 5.74) is 2.87. The predicted octanol–water partition coefficient (Wildman–Crippen LogP) is 1.77. The third-order valence-corrected chi connectivity index (χ3v) is 4.71. The number of carbonyl (C=O) groups excluding carboxylic acids is 1. The van der Waals surface area contributed by atoms with Gasteiger partial charge in [-0.2, -0.15) is 0 Å². The first-order chi connectivity index (χ1) is 12.1. The van der Waals surface area contributed by atoms with E-state index in [9.17, 15) is 4.79 Å². The molecule has 0 saturated carbocycles. The maximum Gasteiger partial charge on any atom is 0.226 e. The predicted molar refractivity (Wildman–Crippen MR) is 91.8 cm³/mol. The topological polar surface area (TPSA) is 73.4 Å². The van der Waals surface area contributed by atoms with Crippen LogP contribution in [-0.4, -0.2) is 31.4 Å². The van der Waals surface area contributed by atoms with Crippen LogP contribution in [0.1, 0.15) is 29.6 Å². The van der Waals surface area contributed by atoms with E-state index in [4.69, 9.17) is 4.74 Å². The smallest absolute Gasteiger partial charge is 0.226 e. The third-order valence-electron chi connectivity index (χ3n) is 4.71. The summed E-state index contributed by atoms with van der Waals surface area (Å²) in [4.78, 5) is 21.6. The molecule has 1 aliphatic heterocycles. The fraction of sp³-hybridized carbons (Fsp3) is 0.389. The number of nitrogens with one attached hydrogen (secondary N) is 1. The molecule has 0 radical (unpaired) electrons. The lowest BCUT2D eigenvalue weighted by molar-refractivity contribution is -0.127. The zero-order chi connectivity index (χ0) is 17.4. The SMILES string of the molecule is Cc1cccn2cc(CNC(=O)[C@@H]3CCO[C@H]3c3nccn3C)nc12. The summed E-state index contributed by atoms with van der Waals surface area (Å²) >= 11 is 0. The van der Waals surface area contributed by atoms with E-state index in [2.05, 4.69) is 15.3 Å². The fourth-order valence-corrected chi connectivity index (χ4v) is 3.36. The molecular formula is C18H21N5O2. The van der Waals surface area contributed by atoms with Gasteiger partial charge in [0, 0.05) is 38.4 Å². The number of amides is 1. The highest BCUT2D eigenvalue weighted by molar-refractivity contribution is 5.79. The molecule has 25 heavy (non-hydrogen) atoms. The molecule has 0 aromatic carbocycles. The van der Waals surface area contributed by atoms with E-state index < -0.39 is 0 Å². The number of aryl methyl sites for hydroxylation is 2. The Kier molecular flexibility index (Phi) is 4.01. The largest absolute Gasteiger partial charge is 0.369 e. The van der Waals surface area contributed by atoms with Crippen molar-refractivity contribution in [2.45, 2.75) is 26.0 Å². The van der Waals surface area contributed by atoms with E-state index in [1.54, 1.807) is 6.20 Å². The minimum absolute atomic E-state index is 0.0146. The number of hydrogen-bond acceptors (Lipinski definition) is 4. The number of ether oxygens (including phenoxy) is 1. The summed E-state index contributed by atoms with van der Waals surface area (Å²) in [6, 6.07) is 4.01. The Morgan fingerprint density at radius 2 is 2.32 bits per heavy atom. The second kappa shape index (κ2) is 6.33. The molecule has 0 spiro atoms. The minimum atomic E-state index is -0.289. The maximum absolute atomic E-state index is 12.7. The monoisotopic (exact) mass is 339 g/mol. The van der Waals surface area contributed by atoms with E-state index in [-0.39, 0.29) is 17.9 Å². The lowest BCUT2D eigenvalue weighted by Gasteiger charge is -2.17. The Morgan fingerprint density at radius 3 is 3.08 bits per heavy atom. The second-order valence-corrected chi connectivity index (χ2v) is 6.46. The Hall–Kier alpha value is -2.67. The number of carbonyl (C=O) groups is 1. The lowest BCUT2D eigenvalue weighted by Crippen LogP contribution is -2.32. The highest BCUT2D eigenvalue weighted by Gasteiger charge is 2.37. The molecule has 0 unspecified atom stereocenters. The molecule has 2 atom stereocenters. The molecule has 1 amide bonds. The molecule has 1 N–H and O–H groups in total. The van der Waals surface area contributed by atoms with Crippen molar-refractivity contribution in [3.8, 4) is 0 Å². The highest BCUT2D eigenvalue weighted by atomic mass is 16.5. The van der Waals surface area contributed by atoms with Crippen LogP contribution in [0.4, 0.5) is 0 Å². The van der Waals surface area contributed by atoms with Gasteiger partial charge in [-0.1, -0.05) is 6.07 Å². The second-order valence-electron chi connectivity index (χ2n) is 6.46. The van der Waals surface area contributed by atoms with Gasteiger partial charge in [0.15, 0.2) is 0 Å². The summed E-state index contributed by atoms with van der Waals surface area (Å²) in [6.07, 6.45) is 7.92. The summed E-state index contributed by atoms with van der Waals surface area (Å²) in [5, 5.41) is 3.00. The number of rotatable bonds is 4. The van der Waals surface area contributed by atoms with Crippen LogP contribution in [0.2, 0.25) is 0 Å². The van der Waals surface area contributed by atoms with Gasteiger partial charge in [-0.25, -0.2) is 9.97 Å². The quantitative estimate of drug-likeness (QED) is 0.786. The Morgan fingerprint density at radius 1 is 1.44 bits per heavy atom. The lowest BCUT2D eigenvalue weighted by atomic mass is 10.00. The highest BCUT2D eigenvalue weighted by Crippen LogP contribution is 2.33. The molecule has 1 aliphatic rings. The number of hydrogen-bond donors (Lipinski definition) is 1. The average molecular weight is 339 g/mol. The van der Waals surface area contributed by atoms with E-state index in [1.807, 2.05) is 53.7 Å². The Balaban J connectivity index is 1.46. The zero-order valence-electron chi connectivity index (χ0n) is 14.3. The Labute approximate surface area is 145 Å². The first kappa shape index (κ1) is 15.8. The minimum Gasteiger partial charge on any atom is -0.369 e. The van der Waals surface area contributed by atoms with Crippen molar-refractivity contribution in [2.75, 3.05) is 6.61 Å². The van der Waals surface area contributed by atoms with Gasteiger partial charge in [-0.05, 0) is 25.0 Å². The summed E-state index contributed by atoms with van der Waals surface area (Å²) in [6.45, 7) is 3.00. The molecule has 7 nitrogen and oxygen atoms in total. The molecule has 0 aliphatic carbocycles. The summed E-state index contributed by atoms with van der Waals surface area (Å²) < 4.78 is 9.65. The van der Waals surface area contributed by atoms with E-state index >= 15 is 0 Å². The van der Waals surface area contributed by atoms with Crippen molar-refractivity contribution in [1.82, 2.24) is 24.3 Å². The standard InChI is InChI=1S/C18H21N5O2/c1-12-4-3-7-23-11-13(21-16(12)23)10-20-18(24)14-5-9-25-15(14)17-19-6-8-22(17)2/h3-4,6-8,11,14-15H,5,9-10H2,1-2H3,(H,20,24)/t14-,15-/m1/s1. The Bertz CT molecular complexity index is 913. The molecule has 3 aromatic rings. The third kappa shape index (κ3) is 2.91. The van der Waals surface area contributed by atoms with Crippen molar-refractivity contribution in [3.63, 3.8) is 0 Å². The van der Waals surface area contributed by atoms with Crippen LogP contribution in [0.5, 0.6) is 0 Å². The number of pyridine rings is 1. The van der Waals surface area contributed by atoms with Gasteiger partial charge in [-0.15, -0.1) is 0 Å². The number of imidazole rings is 2. The zero-order valence-corrected chi connectivity index (χ0v) is 14.3. The molecule has 1 saturated heterocycles. The molecule has 0 bridgehead atoms. The van der Waals surface area contributed by atoms with Gasteiger partial charge in [0.1, 0.15) is 17.6 Å². The molecule has 130 valence electrons. The number of fused-ring (bicyclic) bond motifs is 1. The average Bonchev–Trinajstić information content (AvgIpc) is 3.31. The summed E-state index contributed by atoms with van der Waals surface area (Å²) in [5.74, 6) is 0.556. The van der Waals surface area contributed by atoms with Gasteiger partial charge in [0.05, 0.1) is 18.2 Å². The van der Waals surface area contributed by atoms with Crippen molar-refractivity contribution in [2.24, 2.45) is 13.0 Å². The van der Waals surface area contributed by atoms with Crippen molar-refractivity contribution in [1.29, 1.82) is 0 Å². The molecule has 4 rings (SSSR count). The van der Waals surface area contributed by atoms with E-state index in [0.717, 1.165) is 22.7 Å². The number of aromatic nitrogens is 4. The molecule has 3 aromatic heterocycles. The van der Waals surface area contributed by atoms with Crippen molar-refractivity contribution in [3.05, 3.63) is 54.0 Å². The van der Waals surface area contributed by atoms with Crippen molar-refractivity contribution >= 4 is 11.6 Å². The first-order valence-electron chi connectivity index (χ1n) is 8.43. The van der Waals surface area contributed by atoms with Gasteiger partial charge < -0.3 is 19.0 Å². The molecule has 4 heterocycles. The van der Waals surface area contributed by atoms with E-state index in [0.29, 0.717) is 19.6 Å². The van der Waals surface area contributed by atoms with Crippen molar-refractivity contribution < 1.29 is 9.53 Å². The molecule has 7 heteroatoms. The van der Waals surface area contributed by atoms with Crippen LogP contribution < -0.4 is 5.32 Å². The molecule has 1 fully saturated rings. The van der Waals surface area contributed by atoms with Gasteiger partial charge in [-0.3, -0.25) is 4.79 Å². The van der Waals surface area contributed by atoms with Crippen LogP contribution in [0.25, 0.3) is 5.65 Å². The fourth-order valence-electron chi connectivity index (χ4n) is 3.36. The van der Waals surface area contributed by atoms with Crippen LogP contribution in [0, 0.1) is 12.8 Å². The maximum atomic E-state index is 12.7. The van der Waals surface area contributed by atoms with Gasteiger partial charge in [0.25, 0.3) is 0 Å². The van der Waals surface area contributed by atoms with Gasteiger partial charge in [0.2, 0.25) is 5.91 Å². The first-order valence-corrected chi connectivity index (χ1v) is 8.43. The van der Waals surface area contributed by atoms with Crippen LogP contribution in [-0.2, 0) is 23.1 Å². The molecular weight excluding hydrogens is 318 g/mol. The number of nitrogens with zero attached hydrogens (tertiary/aromatic N) is 4. The normalized spacial score (nSPS) is 20.2.